The maximum atomic E-state index is 13.8. The van der Waals surface area contributed by atoms with Crippen molar-refractivity contribution in [2.75, 3.05) is 19.7 Å². The summed E-state index contributed by atoms with van der Waals surface area (Å²) in [6, 6.07) is 30.7. The summed E-state index contributed by atoms with van der Waals surface area (Å²) in [5.41, 5.74) is 1.43. The van der Waals surface area contributed by atoms with E-state index >= 15 is 0 Å². The Balaban J connectivity index is 0.00000600. The molecule has 0 bridgehead atoms. The molecular formula is C36H37Cl2F3N2O4. The fraction of sp³-hybridized carbons (Fsp3) is 0.278. The summed E-state index contributed by atoms with van der Waals surface area (Å²) >= 11 is 6.39. The van der Waals surface area contributed by atoms with Gasteiger partial charge in [0, 0.05) is 19.6 Å². The molecule has 250 valence electrons. The highest BCUT2D eigenvalue weighted by Crippen LogP contribution is 2.40. The van der Waals surface area contributed by atoms with Gasteiger partial charge >= 0.3 is 12.1 Å². The first kappa shape index (κ1) is 37.4. The zero-order valence-electron chi connectivity index (χ0n) is 25.8. The van der Waals surface area contributed by atoms with E-state index in [0.29, 0.717) is 36.4 Å². The summed E-state index contributed by atoms with van der Waals surface area (Å²) in [5, 5.41) is 11.0. The summed E-state index contributed by atoms with van der Waals surface area (Å²) in [4.78, 5) is 25.0. The van der Waals surface area contributed by atoms with Gasteiger partial charge in [-0.25, -0.2) is 0 Å². The van der Waals surface area contributed by atoms with Crippen LogP contribution >= 0.6 is 24.0 Å². The highest BCUT2D eigenvalue weighted by molar-refractivity contribution is 6.32. The molecule has 47 heavy (non-hydrogen) atoms. The molecule has 0 heterocycles. The van der Waals surface area contributed by atoms with Crippen molar-refractivity contribution < 1.29 is 32.6 Å². The van der Waals surface area contributed by atoms with Gasteiger partial charge in [-0.05, 0) is 53.8 Å². The smallest absolute Gasteiger partial charge is 0.417 e. The minimum absolute atomic E-state index is 0. The molecule has 1 amide bonds. The number of nitrogens with zero attached hydrogens (tertiary/aromatic N) is 1. The second kappa shape index (κ2) is 17.2. The molecule has 2 N–H and O–H groups in total. The molecule has 0 aromatic heterocycles. The second-order valence-electron chi connectivity index (χ2n) is 11.0. The van der Waals surface area contributed by atoms with Crippen molar-refractivity contribution in [1.82, 2.24) is 10.2 Å². The molecule has 0 atom stereocenters. The van der Waals surface area contributed by atoms with Crippen molar-refractivity contribution >= 4 is 35.9 Å². The highest BCUT2D eigenvalue weighted by atomic mass is 35.5. The van der Waals surface area contributed by atoms with Crippen LogP contribution in [0.25, 0.3) is 0 Å². The van der Waals surface area contributed by atoms with E-state index in [1.54, 1.807) is 30.3 Å². The number of carbonyl (C=O) groups is 2. The van der Waals surface area contributed by atoms with Crippen LogP contribution in [0.5, 0.6) is 5.75 Å². The van der Waals surface area contributed by atoms with E-state index in [4.69, 9.17) is 21.4 Å². The lowest BCUT2D eigenvalue weighted by Gasteiger charge is -2.43. The van der Waals surface area contributed by atoms with E-state index in [-0.39, 0.29) is 49.3 Å². The third-order valence-electron chi connectivity index (χ3n) is 7.81. The molecule has 4 rings (SSSR count). The topological polar surface area (TPSA) is 78.9 Å². The molecule has 0 saturated carbocycles. The highest BCUT2D eigenvalue weighted by Gasteiger charge is 2.37. The maximum absolute atomic E-state index is 13.8. The molecule has 0 aliphatic heterocycles. The number of hydrogen-bond donors (Lipinski definition) is 2. The molecule has 0 fully saturated rings. The average molecular weight is 690 g/mol. The third-order valence-corrected chi connectivity index (χ3v) is 8.26. The van der Waals surface area contributed by atoms with E-state index in [2.05, 4.69) is 17.1 Å². The van der Waals surface area contributed by atoms with Crippen LogP contribution in [-0.4, -0.2) is 41.6 Å². The number of carbonyl (C=O) groups excluding carboxylic acids is 1. The zero-order chi connectivity index (χ0) is 33.2. The van der Waals surface area contributed by atoms with Gasteiger partial charge in [-0.2, -0.15) is 13.2 Å². The molecule has 4 aromatic rings. The number of halogens is 5. The number of alkyl halides is 3. The van der Waals surface area contributed by atoms with Gasteiger partial charge in [-0.3, -0.25) is 14.5 Å². The lowest BCUT2D eigenvalue weighted by Crippen LogP contribution is -2.45. The van der Waals surface area contributed by atoms with Crippen LogP contribution in [0.2, 0.25) is 5.02 Å². The predicted molar refractivity (Wildman–Crippen MR) is 179 cm³/mol. The third kappa shape index (κ3) is 10.2. The predicted octanol–water partition coefficient (Wildman–Crippen LogP) is 8.15. The quantitative estimate of drug-likeness (QED) is 0.123. The fourth-order valence-electron chi connectivity index (χ4n) is 5.39. The number of nitrogens with one attached hydrogen (secondary N) is 1. The van der Waals surface area contributed by atoms with Crippen LogP contribution in [0.3, 0.4) is 0 Å². The number of carboxylic acids is 1. The van der Waals surface area contributed by atoms with Crippen LogP contribution < -0.4 is 10.1 Å². The summed E-state index contributed by atoms with van der Waals surface area (Å²) in [6.45, 7) is 3.03. The molecular weight excluding hydrogens is 652 g/mol. The molecule has 0 radical (unpaired) electrons. The number of benzene rings is 4. The van der Waals surface area contributed by atoms with Crippen LogP contribution in [0, 0.1) is 0 Å². The van der Waals surface area contributed by atoms with Crippen LogP contribution in [0.15, 0.2) is 103 Å². The van der Waals surface area contributed by atoms with E-state index in [0.717, 1.165) is 17.2 Å². The van der Waals surface area contributed by atoms with Crippen molar-refractivity contribution in [3.63, 3.8) is 0 Å². The number of amides is 1. The van der Waals surface area contributed by atoms with Crippen molar-refractivity contribution in [2.45, 2.75) is 44.4 Å². The van der Waals surface area contributed by atoms with Crippen LogP contribution in [-0.2, 0) is 34.3 Å². The van der Waals surface area contributed by atoms with Gasteiger partial charge in [0.25, 0.3) is 0 Å². The molecule has 0 unspecified atom stereocenters. The van der Waals surface area contributed by atoms with Gasteiger partial charge < -0.3 is 15.2 Å². The number of ether oxygens (including phenoxy) is 1. The molecule has 4 aromatic carbocycles. The van der Waals surface area contributed by atoms with Gasteiger partial charge in [0.2, 0.25) is 5.91 Å². The summed E-state index contributed by atoms with van der Waals surface area (Å²) in [5.74, 6) is -0.708. The summed E-state index contributed by atoms with van der Waals surface area (Å²) < 4.78 is 47.3. The Morgan fingerprint density at radius 1 is 0.894 bits per heavy atom. The first-order valence-corrected chi connectivity index (χ1v) is 15.3. The largest absolute Gasteiger partial charge is 0.494 e. The number of hydrogen-bond acceptors (Lipinski definition) is 4. The van der Waals surface area contributed by atoms with Gasteiger partial charge in [0.15, 0.2) is 0 Å². The van der Waals surface area contributed by atoms with Crippen molar-refractivity contribution in [1.29, 1.82) is 0 Å². The molecule has 0 aliphatic carbocycles. The van der Waals surface area contributed by atoms with Gasteiger partial charge in [0.05, 0.1) is 35.6 Å². The minimum atomic E-state index is -4.58. The Kier molecular flexibility index (Phi) is 13.7. The Labute approximate surface area is 283 Å². The van der Waals surface area contributed by atoms with Crippen molar-refractivity contribution in [2.24, 2.45) is 0 Å². The average Bonchev–Trinajstić information content (AvgIpc) is 3.03. The van der Waals surface area contributed by atoms with E-state index in [1.165, 1.54) is 6.07 Å². The second-order valence-corrected chi connectivity index (χ2v) is 11.4. The number of aliphatic carboxylic acids is 1. The monoisotopic (exact) mass is 688 g/mol. The Morgan fingerprint density at radius 3 is 2.11 bits per heavy atom. The Bertz CT molecular complexity index is 1570. The van der Waals surface area contributed by atoms with Crippen LogP contribution in [0.4, 0.5) is 13.2 Å². The van der Waals surface area contributed by atoms with E-state index in [9.17, 15) is 22.8 Å². The summed E-state index contributed by atoms with van der Waals surface area (Å²) in [7, 11) is 0. The molecule has 0 saturated heterocycles. The molecule has 11 heteroatoms. The molecule has 0 spiro atoms. The van der Waals surface area contributed by atoms with Crippen molar-refractivity contribution in [3.05, 3.63) is 136 Å². The van der Waals surface area contributed by atoms with Gasteiger partial charge in [-0.15, -0.1) is 12.4 Å². The van der Waals surface area contributed by atoms with Gasteiger partial charge in [0.1, 0.15) is 5.75 Å². The zero-order valence-corrected chi connectivity index (χ0v) is 27.4. The first-order valence-electron chi connectivity index (χ1n) is 14.9. The van der Waals surface area contributed by atoms with Crippen LogP contribution in [0.1, 0.15) is 47.6 Å². The molecule has 0 aliphatic rings. The SMILES string of the molecule is CC(c1ccccc1)(c1ccccc1)N(CCCOc1cccc(CC(=O)NCCC(=O)O)c1)Cc1cccc(C(F)(F)F)c1Cl.Cl. The van der Waals surface area contributed by atoms with E-state index in [1.807, 2.05) is 60.7 Å². The fourth-order valence-corrected chi connectivity index (χ4v) is 5.68. The first-order chi connectivity index (χ1) is 22.0. The van der Waals surface area contributed by atoms with Crippen molar-refractivity contribution in [3.8, 4) is 5.75 Å². The number of rotatable bonds is 15. The summed E-state index contributed by atoms with van der Waals surface area (Å²) in [6.07, 6.45) is -4.12. The lowest BCUT2D eigenvalue weighted by atomic mass is 9.82. The lowest BCUT2D eigenvalue weighted by molar-refractivity contribution is -0.138. The van der Waals surface area contributed by atoms with Gasteiger partial charge in [-0.1, -0.05) is 96.5 Å². The minimum Gasteiger partial charge on any atom is -0.494 e. The maximum Gasteiger partial charge on any atom is 0.417 e. The normalized spacial score (nSPS) is 11.5. The number of carboxylic acid groups (broad SMARTS) is 1. The van der Waals surface area contributed by atoms with E-state index < -0.39 is 23.2 Å². The Hall–Kier alpha value is -4.05. The Morgan fingerprint density at radius 2 is 1.51 bits per heavy atom. The molecule has 6 nitrogen and oxygen atoms in total. The standard InChI is InChI=1S/C36H36ClF3N2O4.ClH/c1-35(28-13-4-2-5-14-28,29-15-6-3-7-16-29)42(25-27-12-9-18-31(34(27)37)36(38,39)40)21-10-22-46-30-17-8-11-26(23-30)24-32(43)41-20-19-33(44)45;/h2-9,11-18,23H,10,19-22,24-25H2,1H3,(H,41,43)(H,44,45);1H.